The van der Waals surface area contributed by atoms with Crippen molar-refractivity contribution in [1.82, 2.24) is 0 Å². The van der Waals surface area contributed by atoms with Crippen LogP contribution in [0.25, 0.3) is 0 Å². The summed E-state index contributed by atoms with van der Waals surface area (Å²) in [6, 6.07) is 3.35. The van der Waals surface area contributed by atoms with E-state index in [1.54, 1.807) is 12.1 Å². The number of hydrogen-bond acceptors (Lipinski definition) is 4. The second kappa shape index (κ2) is 3.27. The van der Waals surface area contributed by atoms with Crippen LogP contribution in [0.15, 0.2) is 22.3 Å². The van der Waals surface area contributed by atoms with E-state index >= 15 is 0 Å². The first-order valence-corrected chi connectivity index (χ1v) is 3.86. The van der Waals surface area contributed by atoms with E-state index in [-0.39, 0.29) is 22.3 Å². The van der Waals surface area contributed by atoms with Crippen LogP contribution in [0.4, 0.5) is 0 Å². The number of Topliss-reactive ketones (excluding diaryl/α,β-unsaturated/α-hetero) is 2. The van der Waals surface area contributed by atoms with Gasteiger partial charge < -0.3 is 0 Å². The Balaban J connectivity index is 3.47. The highest BCUT2D eigenvalue weighted by atomic mass is 16.1. The molecule has 4 heteroatoms. The average Bonchev–Trinajstić information content (AvgIpc) is 2.17. The van der Waals surface area contributed by atoms with Crippen molar-refractivity contribution < 1.29 is 9.59 Å². The van der Waals surface area contributed by atoms with Crippen LogP contribution < -0.4 is 0 Å². The third-order valence-electron chi connectivity index (χ3n) is 2.11. The first-order chi connectivity index (χ1) is 6.54. The fraction of sp³-hybridized carbons (Fsp3) is 0.200. The van der Waals surface area contributed by atoms with Crippen LogP contribution in [0.2, 0.25) is 0 Å². The van der Waals surface area contributed by atoms with Gasteiger partial charge in [-0.2, -0.15) is 10.5 Å². The van der Waals surface area contributed by atoms with E-state index in [1.807, 2.05) is 0 Å². The number of carbonyl (C=O) groups excluding carboxylic acids is 2. The van der Waals surface area contributed by atoms with Gasteiger partial charge >= 0.3 is 0 Å². The minimum Gasteiger partial charge on any atom is -0.288 e. The second-order valence-corrected chi connectivity index (χ2v) is 2.88. The van der Waals surface area contributed by atoms with Gasteiger partial charge in [0.2, 0.25) is 11.6 Å². The van der Waals surface area contributed by atoms with Crippen LogP contribution >= 0.6 is 0 Å². The van der Waals surface area contributed by atoms with Crippen LogP contribution in [-0.2, 0) is 9.59 Å². The molecule has 0 aromatic heterocycles. The molecule has 4 nitrogen and oxygen atoms in total. The molecule has 68 valence electrons. The molecule has 1 aliphatic rings. The van der Waals surface area contributed by atoms with Crippen LogP contribution in [0, 0.1) is 22.7 Å². The fourth-order valence-corrected chi connectivity index (χ4v) is 1.21. The Morgan fingerprint density at radius 2 is 1.14 bits per heavy atom. The molecule has 0 amide bonds. The van der Waals surface area contributed by atoms with E-state index in [0.29, 0.717) is 0 Å². The third kappa shape index (κ3) is 1.14. The third-order valence-corrected chi connectivity index (χ3v) is 2.11. The molecule has 0 heterocycles. The Hall–Kier alpha value is -2.20. The Kier molecular flexibility index (Phi) is 2.31. The molecule has 1 aliphatic carbocycles. The maximum atomic E-state index is 11.4. The molecule has 0 aromatic rings. The van der Waals surface area contributed by atoms with E-state index in [9.17, 15) is 9.59 Å². The fourth-order valence-electron chi connectivity index (χ4n) is 1.21. The number of nitriles is 2. The standard InChI is InChI=1S/C10H6N2O2/c1-5-7(3-11)10(14)6(2)8(4-12)9(5)13/h1-2H3. The molecule has 0 fully saturated rings. The molecule has 0 saturated heterocycles. The molecule has 0 N–H and O–H groups in total. The molecular weight excluding hydrogens is 180 g/mol. The summed E-state index contributed by atoms with van der Waals surface area (Å²) in [6.45, 7) is 2.76. The van der Waals surface area contributed by atoms with Gasteiger partial charge in [0.05, 0.1) is 0 Å². The van der Waals surface area contributed by atoms with E-state index in [1.165, 1.54) is 13.8 Å². The SMILES string of the molecule is CC1=C(C#N)C(=O)C(C)=C(C#N)C1=O. The van der Waals surface area contributed by atoms with Crippen molar-refractivity contribution in [2.45, 2.75) is 13.8 Å². The van der Waals surface area contributed by atoms with Crippen LogP contribution in [0.3, 0.4) is 0 Å². The molecular formula is C10H6N2O2. The van der Waals surface area contributed by atoms with Crippen LogP contribution in [0.5, 0.6) is 0 Å². The molecule has 0 bridgehead atoms. The minimum atomic E-state index is -0.527. The van der Waals surface area contributed by atoms with Gasteiger partial charge in [-0.3, -0.25) is 9.59 Å². The highest BCUT2D eigenvalue weighted by molar-refractivity contribution is 6.27. The molecule has 0 aromatic carbocycles. The van der Waals surface area contributed by atoms with Crippen molar-refractivity contribution in [2.75, 3.05) is 0 Å². The lowest BCUT2D eigenvalue weighted by atomic mass is 9.86. The molecule has 0 aliphatic heterocycles. The lowest BCUT2D eigenvalue weighted by molar-refractivity contribution is -0.116. The highest BCUT2D eigenvalue weighted by Crippen LogP contribution is 2.23. The number of allylic oxidation sites excluding steroid dienone is 4. The lowest BCUT2D eigenvalue weighted by Gasteiger charge is -2.11. The van der Waals surface area contributed by atoms with E-state index < -0.39 is 11.6 Å². The first kappa shape index (κ1) is 9.88. The summed E-state index contributed by atoms with van der Waals surface area (Å²) < 4.78 is 0. The molecule has 14 heavy (non-hydrogen) atoms. The summed E-state index contributed by atoms with van der Waals surface area (Å²) >= 11 is 0. The predicted molar refractivity (Wildman–Crippen MR) is 46.6 cm³/mol. The van der Waals surface area contributed by atoms with E-state index in [2.05, 4.69) is 0 Å². The number of hydrogen-bond donors (Lipinski definition) is 0. The normalized spacial score (nSPS) is 16.9. The summed E-state index contributed by atoms with van der Waals surface area (Å²) in [5.41, 5.74) is -0.211. The van der Waals surface area contributed by atoms with Gasteiger partial charge in [0, 0.05) is 11.1 Å². The zero-order valence-electron chi connectivity index (χ0n) is 7.71. The largest absolute Gasteiger partial charge is 0.288 e. The molecule has 0 atom stereocenters. The maximum absolute atomic E-state index is 11.4. The van der Waals surface area contributed by atoms with Crippen molar-refractivity contribution in [3.05, 3.63) is 22.3 Å². The van der Waals surface area contributed by atoms with Crippen molar-refractivity contribution in [3.8, 4) is 12.1 Å². The van der Waals surface area contributed by atoms with Crippen molar-refractivity contribution >= 4 is 11.6 Å². The number of rotatable bonds is 0. The first-order valence-electron chi connectivity index (χ1n) is 3.86. The number of carbonyl (C=O) groups is 2. The summed E-state index contributed by atoms with van der Waals surface area (Å²) in [5, 5.41) is 17.3. The topological polar surface area (TPSA) is 81.7 Å². The van der Waals surface area contributed by atoms with Crippen LogP contribution in [0.1, 0.15) is 13.8 Å². The average molecular weight is 186 g/mol. The molecule has 0 unspecified atom stereocenters. The zero-order chi connectivity index (χ0) is 10.9. The molecule has 0 radical (unpaired) electrons. The van der Waals surface area contributed by atoms with Crippen molar-refractivity contribution in [3.63, 3.8) is 0 Å². The predicted octanol–water partition coefficient (Wildman–Crippen LogP) is 0.818. The molecule has 1 rings (SSSR count). The van der Waals surface area contributed by atoms with E-state index in [4.69, 9.17) is 10.5 Å². The summed E-state index contributed by atoms with van der Waals surface area (Å²) in [6.07, 6.45) is 0. The summed E-state index contributed by atoms with van der Waals surface area (Å²) in [5.74, 6) is -1.05. The Bertz CT molecular complexity index is 435. The van der Waals surface area contributed by atoms with Gasteiger partial charge in [-0.05, 0) is 13.8 Å². The second-order valence-electron chi connectivity index (χ2n) is 2.88. The monoisotopic (exact) mass is 186 g/mol. The number of nitrogens with zero attached hydrogens (tertiary/aromatic N) is 2. The van der Waals surface area contributed by atoms with Gasteiger partial charge in [0.1, 0.15) is 23.3 Å². The molecule has 0 saturated carbocycles. The van der Waals surface area contributed by atoms with Crippen LogP contribution in [-0.4, -0.2) is 11.6 Å². The van der Waals surface area contributed by atoms with Gasteiger partial charge in [-0.1, -0.05) is 0 Å². The number of ketones is 2. The van der Waals surface area contributed by atoms with Gasteiger partial charge in [-0.15, -0.1) is 0 Å². The highest BCUT2D eigenvalue weighted by Gasteiger charge is 2.30. The van der Waals surface area contributed by atoms with Gasteiger partial charge in [0.15, 0.2) is 0 Å². The lowest BCUT2D eigenvalue weighted by Crippen LogP contribution is -2.20. The Morgan fingerprint density at radius 3 is 1.36 bits per heavy atom. The van der Waals surface area contributed by atoms with Gasteiger partial charge in [0.25, 0.3) is 0 Å². The Labute approximate surface area is 80.7 Å². The summed E-state index contributed by atoms with van der Waals surface area (Å²) in [7, 11) is 0. The van der Waals surface area contributed by atoms with Crippen molar-refractivity contribution in [2.24, 2.45) is 0 Å². The molecule has 0 spiro atoms. The minimum absolute atomic E-state index is 0.0552. The van der Waals surface area contributed by atoms with Gasteiger partial charge in [-0.25, -0.2) is 0 Å². The summed E-state index contributed by atoms with van der Waals surface area (Å²) in [4.78, 5) is 22.9. The Morgan fingerprint density at radius 1 is 0.857 bits per heavy atom. The van der Waals surface area contributed by atoms with Crippen molar-refractivity contribution in [1.29, 1.82) is 10.5 Å². The maximum Gasteiger partial charge on any atom is 0.201 e. The van der Waals surface area contributed by atoms with E-state index in [0.717, 1.165) is 0 Å². The quantitative estimate of drug-likeness (QED) is 0.524. The smallest absolute Gasteiger partial charge is 0.201 e. The zero-order valence-corrected chi connectivity index (χ0v) is 7.71.